The van der Waals surface area contributed by atoms with Crippen LogP contribution in [0.25, 0.3) is 0 Å². The molecule has 1 aromatic carbocycles. The van der Waals surface area contributed by atoms with Crippen molar-refractivity contribution in [3.05, 3.63) is 36.5 Å². The number of halogens is 1. The Bertz CT molecular complexity index is 367. The Balaban J connectivity index is 3.02. The Hall–Kier alpha value is -0.900. The van der Waals surface area contributed by atoms with Crippen molar-refractivity contribution in [2.75, 3.05) is 5.75 Å². The first-order chi connectivity index (χ1) is 6.06. The summed E-state index contributed by atoms with van der Waals surface area (Å²) in [4.78, 5) is 0.159. The van der Waals surface area contributed by atoms with Gasteiger partial charge in [-0.1, -0.05) is 6.92 Å². The molecule has 0 amide bonds. The van der Waals surface area contributed by atoms with Gasteiger partial charge in [0.1, 0.15) is 5.82 Å². The number of rotatable bonds is 3. The Labute approximate surface area is 77.3 Å². The largest absolute Gasteiger partial charge is 0.224 e. The fraction of sp³-hybridized carbons (Fsp3) is 0.222. The highest BCUT2D eigenvalue weighted by molar-refractivity contribution is 7.91. The van der Waals surface area contributed by atoms with Crippen molar-refractivity contribution in [2.24, 2.45) is 0 Å². The van der Waals surface area contributed by atoms with Crippen LogP contribution in [0.4, 0.5) is 4.39 Å². The molecule has 0 aliphatic carbocycles. The molecular formula is C9H10FO2S. The zero-order chi connectivity index (χ0) is 9.90. The van der Waals surface area contributed by atoms with Gasteiger partial charge in [0.15, 0.2) is 9.84 Å². The van der Waals surface area contributed by atoms with Gasteiger partial charge in [-0.15, -0.1) is 0 Å². The fourth-order valence-electron chi connectivity index (χ4n) is 0.958. The van der Waals surface area contributed by atoms with Crippen LogP contribution in [0.2, 0.25) is 0 Å². The second-order valence-electron chi connectivity index (χ2n) is 2.64. The van der Waals surface area contributed by atoms with Gasteiger partial charge in [0, 0.05) is 0 Å². The van der Waals surface area contributed by atoms with E-state index in [-0.39, 0.29) is 10.6 Å². The monoisotopic (exact) mass is 201 g/mol. The molecule has 1 radical (unpaired) electrons. The molecule has 1 rings (SSSR count). The molecule has 0 aromatic heterocycles. The molecule has 0 aliphatic rings. The van der Waals surface area contributed by atoms with Gasteiger partial charge >= 0.3 is 0 Å². The van der Waals surface area contributed by atoms with Crippen LogP contribution in [0.1, 0.15) is 6.92 Å². The first kappa shape index (κ1) is 10.2. The zero-order valence-corrected chi connectivity index (χ0v) is 8.01. The first-order valence-corrected chi connectivity index (χ1v) is 5.47. The molecule has 0 saturated heterocycles. The van der Waals surface area contributed by atoms with Gasteiger partial charge in [-0.2, -0.15) is 0 Å². The van der Waals surface area contributed by atoms with Crippen LogP contribution in [-0.2, 0) is 9.84 Å². The molecule has 4 heteroatoms. The van der Waals surface area contributed by atoms with E-state index in [4.69, 9.17) is 0 Å². The normalized spacial score (nSPS) is 11.5. The van der Waals surface area contributed by atoms with Crippen LogP contribution in [0.5, 0.6) is 0 Å². The third-order valence-corrected chi connectivity index (χ3v) is 3.32. The maximum absolute atomic E-state index is 12.5. The lowest BCUT2D eigenvalue weighted by Gasteiger charge is -2.01. The molecule has 2 nitrogen and oxygen atoms in total. The molecule has 0 unspecified atom stereocenters. The summed E-state index contributed by atoms with van der Waals surface area (Å²) in [6.07, 6.45) is 1.55. The molecule has 71 valence electrons. The lowest BCUT2D eigenvalue weighted by molar-refractivity contribution is 0.596. The van der Waals surface area contributed by atoms with Crippen molar-refractivity contribution in [1.29, 1.82) is 0 Å². The SMILES string of the molecule is C[CH]CS(=O)(=O)c1ccc(F)cc1. The van der Waals surface area contributed by atoms with E-state index in [1.54, 1.807) is 13.3 Å². The Morgan fingerprint density at radius 1 is 1.31 bits per heavy atom. The second-order valence-corrected chi connectivity index (χ2v) is 4.68. The van der Waals surface area contributed by atoms with Crippen LogP contribution in [0.3, 0.4) is 0 Å². The van der Waals surface area contributed by atoms with Gasteiger partial charge in [0.05, 0.1) is 10.6 Å². The summed E-state index contributed by atoms with van der Waals surface area (Å²) in [5.74, 6) is -0.446. The Kier molecular flexibility index (Phi) is 3.03. The molecule has 0 saturated carbocycles. The van der Waals surface area contributed by atoms with Crippen LogP contribution >= 0.6 is 0 Å². The van der Waals surface area contributed by atoms with Crippen molar-refractivity contribution in [2.45, 2.75) is 11.8 Å². The van der Waals surface area contributed by atoms with Crippen molar-refractivity contribution >= 4 is 9.84 Å². The number of benzene rings is 1. The highest BCUT2D eigenvalue weighted by Gasteiger charge is 2.12. The summed E-state index contributed by atoms with van der Waals surface area (Å²) < 4.78 is 35.2. The zero-order valence-electron chi connectivity index (χ0n) is 7.20. The summed E-state index contributed by atoms with van der Waals surface area (Å²) in [5, 5.41) is 0. The lowest BCUT2D eigenvalue weighted by atomic mass is 10.4. The van der Waals surface area contributed by atoms with Crippen LogP contribution in [0, 0.1) is 12.2 Å². The molecule has 0 bridgehead atoms. The molecule has 13 heavy (non-hydrogen) atoms. The lowest BCUT2D eigenvalue weighted by Crippen LogP contribution is -2.05. The quantitative estimate of drug-likeness (QED) is 0.699. The highest BCUT2D eigenvalue weighted by atomic mass is 32.2. The van der Waals surface area contributed by atoms with Crippen molar-refractivity contribution < 1.29 is 12.8 Å². The maximum Gasteiger partial charge on any atom is 0.178 e. The van der Waals surface area contributed by atoms with E-state index < -0.39 is 15.7 Å². The summed E-state index contributed by atoms with van der Waals surface area (Å²) in [5.41, 5.74) is 0. The van der Waals surface area contributed by atoms with Crippen LogP contribution in [-0.4, -0.2) is 14.2 Å². The van der Waals surface area contributed by atoms with E-state index in [1.165, 1.54) is 12.1 Å². The average molecular weight is 201 g/mol. The minimum atomic E-state index is -3.25. The Morgan fingerprint density at radius 3 is 2.31 bits per heavy atom. The van der Waals surface area contributed by atoms with E-state index in [2.05, 4.69) is 0 Å². The van der Waals surface area contributed by atoms with Crippen molar-refractivity contribution in [3.63, 3.8) is 0 Å². The Morgan fingerprint density at radius 2 is 1.85 bits per heavy atom. The predicted octanol–water partition coefficient (Wildman–Crippen LogP) is 1.82. The van der Waals surface area contributed by atoms with Gasteiger partial charge in [0.25, 0.3) is 0 Å². The standard InChI is InChI=1S/C9H10FO2S/c1-2-7-13(11,12)9-5-3-8(10)4-6-9/h2-6H,7H2,1H3. The molecule has 0 atom stereocenters. The third kappa shape index (κ3) is 2.52. The first-order valence-electron chi connectivity index (χ1n) is 3.82. The fourth-order valence-corrected chi connectivity index (χ4v) is 2.14. The van der Waals surface area contributed by atoms with E-state index in [0.717, 1.165) is 12.1 Å². The third-order valence-electron chi connectivity index (χ3n) is 1.56. The average Bonchev–Trinajstić information content (AvgIpc) is 2.05. The number of sulfone groups is 1. The molecular weight excluding hydrogens is 191 g/mol. The highest BCUT2D eigenvalue weighted by Crippen LogP contribution is 2.12. The van der Waals surface area contributed by atoms with Gasteiger partial charge in [-0.05, 0) is 30.7 Å². The molecule has 0 fully saturated rings. The van der Waals surface area contributed by atoms with Gasteiger partial charge in [0.2, 0.25) is 0 Å². The minimum Gasteiger partial charge on any atom is -0.224 e. The molecule has 0 N–H and O–H groups in total. The molecule has 0 aliphatic heterocycles. The van der Waals surface area contributed by atoms with E-state index in [1.807, 2.05) is 0 Å². The van der Waals surface area contributed by atoms with Gasteiger partial charge in [-0.25, -0.2) is 12.8 Å². The number of hydrogen-bond donors (Lipinski definition) is 0. The molecule has 0 spiro atoms. The van der Waals surface area contributed by atoms with Crippen molar-refractivity contribution in [3.8, 4) is 0 Å². The van der Waals surface area contributed by atoms with Gasteiger partial charge in [-0.3, -0.25) is 0 Å². The topological polar surface area (TPSA) is 34.1 Å². The van der Waals surface area contributed by atoms with E-state index in [9.17, 15) is 12.8 Å². The molecule has 0 heterocycles. The van der Waals surface area contributed by atoms with Crippen LogP contribution < -0.4 is 0 Å². The summed E-state index contributed by atoms with van der Waals surface area (Å²) in [6.45, 7) is 1.67. The second kappa shape index (κ2) is 3.87. The summed E-state index contributed by atoms with van der Waals surface area (Å²) >= 11 is 0. The van der Waals surface area contributed by atoms with Crippen molar-refractivity contribution in [1.82, 2.24) is 0 Å². The smallest absolute Gasteiger partial charge is 0.178 e. The number of hydrogen-bond acceptors (Lipinski definition) is 2. The van der Waals surface area contributed by atoms with E-state index in [0.29, 0.717) is 0 Å². The summed E-state index contributed by atoms with van der Waals surface area (Å²) in [6, 6.07) is 4.83. The van der Waals surface area contributed by atoms with Crippen LogP contribution in [0.15, 0.2) is 29.2 Å². The molecule has 1 aromatic rings. The summed E-state index contributed by atoms with van der Waals surface area (Å²) in [7, 11) is -3.25. The predicted molar refractivity (Wildman–Crippen MR) is 48.4 cm³/mol. The maximum atomic E-state index is 12.5. The minimum absolute atomic E-state index is 0.0152. The van der Waals surface area contributed by atoms with E-state index >= 15 is 0 Å². The van der Waals surface area contributed by atoms with Gasteiger partial charge < -0.3 is 0 Å².